The maximum absolute atomic E-state index is 11.3. The molecule has 0 fully saturated rings. The molecule has 0 radical (unpaired) electrons. The first kappa shape index (κ1) is 11.1. The first-order valence-corrected chi connectivity index (χ1v) is 5.00. The smallest absolute Gasteiger partial charge is 0.375 e. The average Bonchev–Trinajstić information content (AvgIpc) is 2.78. The minimum Gasteiger partial charge on any atom is -0.460 e. The van der Waals surface area contributed by atoms with Gasteiger partial charge in [-0.1, -0.05) is 6.07 Å². The van der Waals surface area contributed by atoms with Gasteiger partial charge in [-0.3, -0.25) is 9.89 Å². The first-order chi connectivity index (χ1) is 8.20. The van der Waals surface area contributed by atoms with Crippen LogP contribution in [-0.4, -0.2) is 32.7 Å². The molecule has 2 rings (SSSR count). The molecule has 0 saturated carbocycles. The Morgan fingerprint density at radius 2 is 2.29 bits per heavy atom. The predicted octanol–water partition coefficient (Wildman–Crippen LogP) is 0.337. The van der Waals surface area contributed by atoms with Crippen LogP contribution in [0, 0.1) is 0 Å². The number of nitrogens with zero attached hydrogens (tertiary/aromatic N) is 2. The number of H-pyrrole nitrogens is 2. The molecule has 7 nitrogen and oxygen atoms in total. The first-order valence-electron chi connectivity index (χ1n) is 5.00. The molecule has 2 heterocycles. The Balaban J connectivity index is 2.30. The number of pyridine rings is 1. The highest BCUT2D eigenvalue weighted by Crippen LogP contribution is 2.09. The SMILES string of the molecule is CCOC(=O)c1nc(-c2cccc(=O)[nH]2)n[nH]1. The Kier molecular flexibility index (Phi) is 2.99. The zero-order chi connectivity index (χ0) is 12.3. The number of nitrogens with one attached hydrogen (secondary N) is 2. The normalized spacial score (nSPS) is 10.2. The lowest BCUT2D eigenvalue weighted by Crippen LogP contribution is -2.07. The molecule has 0 bridgehead atoms. The molecule has 2 N–H and O–H groups in total. The van der Waals surface area contributed by atoms with Crippen LogP contribution in [0.4, 0.5) is 0 Å². The Bertz CT molecular complexity index is 587. The summed E-state index contributed by atoms with van der Waals surface area (Å²) in [4.78, 5) is 28.9. The summed E-state index contributed by atoms with van der Waals surface area (Å²) in [6.45, 7) is 1.96. The number of aromatic amines is 2. The van der Waals surface area contributed by atoms with Gasteiger partial charge in [0, 0.05) is 6.07 Å². The van der Waals surface area contributed by atoms with E-state index in [2.05, 4.69) is 20.2 Å². The highest BCUT2D eigenvalue weighted by atomic mass is 16.5. The quantitative estimate of drug-likeness (QED) is 0.745. The van der Waals surface area contributed by atoms with E-state index in [1.807, 2.05) is 0 Å². The van der Waals surface area contributed by atoms with Crippen molar-refractivity contribution in [2.45, 2.75) is 6.92 Å². The molecule has 2 aromatic heterocycles. The summed E-state index contributed by atoms with van der Waals surface area (Å²) in [6.07, 6.45) is 0. The number of rotatable bonds is 3. The number of hydrogen-bond acceptors (Lipinski definition) is 5. The third-order valence-corrected chi connectivity index (χ3v) is 1.96. The van der Waals surface area contributed by atoms with Crippen molar-refractivity contribution in [3.05, 3.63) is 34.4 Å². The van der Waals surface area contributed by atoms with Crippen LogP contribution in [0.25, 0.3) is 11.5 Å². The van der Waals surface area contributed by atoms with Gasteiger partial charge in [-0.05, 0) is 13.0 Å². The fourth-order valence-corrected chi connectivity index (χ4v) is 1.25. The van der Waals surface area contributed by atoms with E-state index in [-0.39, 0.29) is 23.8 Å². The van der Waals surface area contributed by atoms with Crippen molar-refractivity contribution in [2.75, 3.05) is 6.61 Å². The number of carbonyl (C=O) groups excluding carboxylic acids is 1. The summed E-state index contributed by atoms with van der Waals surface area (Å²) in [5.41, 5.74) is 0.175. The van der Waals surface area contributed by atoms with Gasteiger partial charge >= 0.3 is 5.97 Å². The molecule has 7 heteroatoms. The number of hydrogen-bond donors (Lipinski definition) is 2. The zero-order valence-electron chi connectivity index (χ0n) is 9.06. The van der Waals surface area contributed by atoms with Crippen molar-refractivity contribution in [2.24, 2.45) is 0 Å². The van der Waals surface area contributed by atoms with Gasteiger partial charge in [0.25, 0.3) is 0 Å². The molecule has 0 aromatic carbocycles. The fourth-order valence-electron chi connectivity index (χ4n) is 1.25. The molecule has 0 unspecified atom stereocenters. The lowest BCUT2D eigenvalue weighted by atomic mass is 10.3. The van der Waals surface area contributed by atoms with Crippen LogP contribution in [0.15, 0.2) is 23.0 Å². The van der Waals surface area contributed by atoms with E-state index in [9.17, 15) is 9.59 Å². The largest absolute Gasteiger partial charge is 0.460 e. The standard InChI is InChI=1S/C10H10N4O3/c1-2-17-10(16)9-12-8(13-14-9)6-4-3-5-7(15)11-6/h3-5H,2H2,1H3,(H,11,15)(H,12,13,14). The van der Waals surface area contributed by atoms with Gasteiger partial charge in [-0.15, -0.1) is 0 Å². The van der Waals surface area contributed by atoms with Gasteiger partial charge in [0.15, 0.2) is 5.82 Å². The van der Waals surface area contributed by atoms with Crippen molar-refractivity contribution in [1.82, 2.24) is 20.2 Å². The Labute approximate surface area is 95.9 Å². The molecular weight excluding hydrogens is 224 g/mol. The zero-order valence-corrected chi connectivity index (χ0v) is 9.06. The summed E-state index contributed by atoms with van der Waals surface area (Å²) in [5.74, 6) is -0.332. The van der Waals surface area contributed by atoms with Crippen LogP contribution in [0.2, 0.25) is 0 Å². The van der Waals surface area contributed by atoms with Crippen LogP contribution < -0.4 is 5.56 Å². The average molecular weight is 234 g/mol. The highest BCUT2D eigenvalue weighted by molar-refractivity contribution is 5.85. The van der Waals surface area contributed by atoms with Crippen LogP contribution in [0.3, 0.4) is 0 Å². The van der Waals surface area contributed by atoms with Gasteiger partial charge in [0.1, 0.15) is 0 Å². The molecule has 0 aliphatic carbocycles. The molecule has 17 heavy (non-hydrogen) atoms. The third kappa shape index (κ3) is 2.39. The lowest BCUT2D eigenvalue weighted by molar-refractivity contribution is 0.0512. The van der Waals surface area contributed by atoms with Crippen molar-refractivity contribution in [3.8, 4) is 11.5 Å². The van der Waals surface area contributed by atoms with E-state index in [1.54, 1.807) is 19.1 Å². The van der Waals surface area contributed by atoms with Crippen molar-refractivity contribution >= 4 is 5.97 Å². The molecule has 0 aliphatic heterocycles. The summed E-state index contributed by atoms with van der Waals surface area (Å²) < 4.78 is 4.76. The van der Waals surface area contributed by atoms with E-state index < -0.39 is 5.97 Å². The van der Waals surface area contributed by atoms with Crippen LogP contribution in [-0.2, 0) is 4.74 Å². The van der Waals surface area contributed by atoms with Crippen molar-refractivity contribution in [1.29, 1.82) is 0 Å². The second-order valence-electron chi connectivity index (χ2n) is 3.16. The van der Waals surface area contributed by atoms with Crippen molar-refractivity contribution in [3.63, 3.8) is 0 Å². The van der Waals surface area contributed by atoms with E-state index >= 15 is 0 Å². The second-order valence-corrected chi connectivity index (χ2v) is 3.16. The number of esters is 1. The van der Waals surface area contributed by atoms with Gasteiger partial charge in [0.05, 0.1) is 12.3 Å². The maximum Gasteiger partial charge on any atom is 0.375 e. The topological polar surface area (TPSA) is 101 Å². The summed E-state index contributed by atoms with van der Waals surface area (Å²) in [7, 11) is 0. The van der Waals surface area contributed by atoms with E-state index in [0.29, 0.717) is 5.69 Å². The van der Waals surface area contributed by atoms with Crippen LogP contribution in [0.5, 0.6) is 0 Å². The number of aromatic nitrogens is 4. The van der Waals surface area contributed by atoms with E-state index in [1.165, 1.54) is 6.07 Å². The summed E-state index contributed by atoms with van der Waals surface area (Å²) >= 11 is 0. The molecule has 2 aromatic rings. The maximum atomic E-state index is 11.3. The van der Waals surface area contributed by atoms with Crippen LogP contribution in [0.1, 0.15) is 17.5 Å². The molecule has 88 valence electrons. The Hall–Kier alpha value is -2.44. The third-order valence-electron chi connectivity index (χ3n) is 1.96. The second kappa shape index (κ2) is 4.60. The highest BCUT2D eigenvalue weighted by Gasteiger charge is 2.13. The van der Waals surface area contributed by atoms with E-state index in [0.717, 1.165) is 0 Å². The molecular formula is C10H10N4O3. The Morgan fingerprint density at radius 3 is 3.00 bits per heavy atom. The van der Waals surface area contributed by atoms with Gasteiger partial charge in [-0.2, -0.15) is 10.1 Å². The fraction of sp³-hybridized carbons (Fsp3) is 0.200. The monoisotopic (exact) mass is 234 g/mol. The van der Waals surface area contributed by atoms with Gasteiger partial charge in [-0.25, -0.2) is 4.79 Å². The molecule has 0 atom stereocenters. The Morgan fingerprint density at radius 1 is 1.47 bits per heavy atom. The molecule has 0 amide bonds. The summed E-state index contributed by atoms with van der Waals surface area (Å²) in [6, 6.07) is 4.59. The lowest BCUT2D eigenvalue weighted by Gasteiger charge is -1.95. The predicted molar refractivity (Wildman–Crippen MR) is 58.4 cm³/mol. The molecule has 0 spiro atoms. The van der Waals surface area contributed by atoms with Gasteiger partial charge in [0.2, 0.25) is 11.4 Å². The minimum absolute atomic E-state index is 0.00607. The minimum atomic E-state index is -0.579. The van der Waals surface area contributed by atoms with Crippen molar-refractivity contribution < 1.29 is 9.53 Å². The van der Waals surface area contributed by atoms with Gasteiger partial charge < -0.3 is 9.72 Å². The number of ether oxygens (including phenoxy) is 1. The van der Waals surface area contributed by atoms with Crippen LogP contribution >= 0.6 is 0 Å². The van der Waals surface area contributed by atoms with E-state index in [4.69, 9.17) is 4.74 Å². The number of carbonyl (C=O) groups is 1. The molecule has 0 saturated heterocycles. The summed E-state index contributed by atoms with van der Waals surface area (Å²) in [5, 5.41) is 6.27. The molecule has 0 aliphatic rings.